The molecule has 1 aliphatic carbocycles. The number of carboxylic acids is 1. The second-order valence-electron chi connectivity index (χ2n) is 5.66. The first kappa shape index (κ1) is 14.5. The van der Waals surface area contributed by atoms with Crippen molar-refractivity contribution in [1.82, 2.24) is 19.3 Å². The van der Waals surface area contributed by atoms with Crippen molar-refractivity contribution >= 4 is 16.0 Å². The molecule has 0 radical (unpaired) electrons. The minimum Gasteiger partial charge on any atom is -0.476 e. The van der Waals surface area contributed by atoms with Crippen LogP contribution in [0.2, 0.25) is 0 Å². The molecule has 3 rings (SSSR count). The first-order valence-corrected chi connectivity index (χ1v) is 8.63. The molecule has 0 spiro atoms. The van der Waals surface area contributed by atoms with Gasteiger partial charge in [-0.3, -0.25) is 0 Å². The van der Waals surface area contributed by atoms with Crippen LogP contribution in [0.25, 0.3) is 0 Å². The molecule has 2 heterocycles. The molecule has 1 saturated carbocycles. The van der Waals surface area contributed by atoms with Crippen LogP contribution in [0.3, 0.4) is 0 Å². The van der Waals surface area contributed by atoms with Crippen LogP contribution in [0.15, 0.2) is 6.20 Å². The Hall–Kier alpha value is -1.48. The molecule has 9 heteroatoms. The number of hydrogen-bond acceptors (Lipinski definition) is 5. The molecule has 1 N–H and O–H groups in total. The average molecular weight is 314 g/mol. The van der Waals surface area contributed by atoms with Gasteiger partial charge in [0, 0.05) is 13.1 Å². The Labute approximate surface area is 122 Å². The lowest BCUT2D eigenvalue weighted by molar-refractivity contribution is 0.0690. The summed E-state index contributed by atoms with van der Waals surface area (Å²) in [5.74, 6) is -1.13. The number of carbonyl (C=O) groups is 1. The van der Waals surface area contributed by atoms with Crippen molar-refractivity contribution in [3.63, 3.8) is 0 Å². The number of carboxylic acid groups (broad SMARTS) is 1. The normalized spacial score (nSPS) is 22.1. The number of sulfonamides is 1. The highest BCUT2D eigenvalue weighted by molar-refractivity contribution is 7.89. The number of nitrogens with zero attached hydrogens (tertiary/aromatic N) is 4. The van der Waals surface area contributed by atoms with E-state index in [0.29, 0.717) is 13.1 Å². The second-order valence-corrected chi connectivity index (χ2v) is 7.88. The van der Waals surface area contributed by atoms with Gasteiger partial charge in [-0.1, -0.05) is 24.5 Å². The molecule has 1 aliphatic heterocycles. The van der Waals surface area contributed by atoms with Gasteiger partial charge in [-0.05, 0) is 12.8 Å². The van der Waals surface area contributed by atoms with Crippen LogP contribution in [0.1, 0.15) is 48.6 Å². The van der Waals surface area contributed by atoms with Crippen LogP contribution < -0.4 is 0 Å². The van der Waals surface area contributed by atoms with E-state index in [1.54, 1.807) is 0 Å². The van der Waals surface area contributed by atoms with Crippen LogP contribution in [-0.4, -0.2) is 57.1 Å². The molecule has 116 valence electrons. The van der Waals surface area contributed by atoms with Crippen LogP contribution in [-0.2, 0) is 10.0 Å². The summed E-state index contributed by atoms with van der Waals surface area (Å²) in [6.07, 6.45) is 5.91. The second kappa shape index (κ2) is 5.38. The van der Waals surface area contributed by atoms with Gasteiger partial charge < -0.3 is 5.11 Å². The topological polar surface area (TPSA) is 105 Å². The predicted molar refractivity (Wildman–Crippen MR) is 73.4 cm³/mol. The molecule has 1 aromatic heterocycles. The molecule has 1 saturated heterocycles. The van der Waals surface area contributed by atoms with Crippen molar-refractivity contribution in [2.24, 2.45) is 0 Å². The van der Waals surface area contributed by atoms with E-state index in [2.05, 4.69) is 10.3 Å². The van der Waals surface area contributed by atoms with Crippen molar-refractivity contribution in [2.45, 2.75) is 43.4 Å². The van der Waals surface area contributed by atoms with E-state index in [1.807, 2.05) is 0 Å². The molecule has 21 heavy (non-hydrogen) atoms. The van der Waals surface area contributed by atoms with E-state index in [4.69, 9.17) is 5.11 Å². The van der Waals surface area contributed by atoms with Gasteiger partial charge in [-0.25, -0.2) is 17.9 Å². The number of hydrogen-bond donors (Lipinski definition) is 1. The van der Waals surface area contributed by atoms with Gasteiger partial charge in [-0.2, -0.15) is 4.31 Å². The summed E-state index contributed by atoms with van der Waals surface area (Å²) in [6.45, 7) is 0.697. The van der Waals surface area contributed by atoms with Gasteiger partial charge in [0.2, 0.25) is 10.0 Å². The standard InChI is InChI=1S/C12H18N4O4S/c17-12(18)11-8-16(14-13-11)9-6-15(7-9)21(19,20)10-4-2-1-3-5-10/h8-10H,1-7H2,(H,17,18). The van der Waals surface area contributed by atoms with Gasteiger partial charge >= 0.3 is 5.97 Å². The fourth-order valence-electron chi connectivity index (χ4n) is 2.92. The molecular weight excluding hydrogens is 296 g/mol. The lowest BCUT2D eigenvalue weighted by Crippen LogP contribution is -2.53. The highest BCUT2D eigenvalue weighted by atomic mass is 32.2. The van der Waals surface area contributed by atoms with Crippen molar-refractivity contribution in [2.75, 3.05) is 13.1 Å². The Balaban J connectivity index is 1.63. The van der Waals surface area contributed by atoms with Crippen LogP contribution in [0.5, 0.6) is 0 Å². The van der Waals surface area contributed by atoms with Gasteiger partial charge in [0.25, 0.3) is 0 Å². The van der Waals surface area contributed by atoms with E-state index >= 15 is 0 Å². The molecule has 0 amide bonds. The molecule has 1 aromatic rings. The van der Waals surface area contributed by atoms with Crippen molar-refractivity contribution in [1.29, 1.82) is 0 Å². The predicted octanol–water partition coefficient (Wildman–Crippen LogP) is 0.495. The Bertz CT molecular complexity index is 629. The summed E-state index contributed by atoms with van der Waals surface area (Å²) in [4.78, 5) is 10.8. The summed E-state index contributed by atoms with van der Waals surface area (Å²) >= 11 is 0. The monoisotopic (exact) mass is 314 g/mol. The van der Waals surface area contributed by atoms with Gasteiger partial charge in [0.15, 0.2) is 5.69 Å². The van der Waals surface area contributed by atoms with E-state index in [9.17, 15) is 13.2 Å². The molecule has 0 unspecified atom stereocenters. The summed E-state index contributed by atoms with van der Waals surface area (Å²) in [5.41, 5.74) is -0.122. The molecule has 0 aromatic carbocycles. The highest BCUT2D eigenvalue weighted by Crippen LogP contribution is 2.31. The minimum absolute atomic E-state index is 0.121. The smallest absolute Gasteiger partial charge is 0.358 e. The van der Waals surface area contributed by atoms with E-state index in [1.165, 1.54) is 15.2 Å². The van der Waals surface area contributed by atoms with Crippen molar-refractivity contribution in [3.05, 3.63) is 11.9 Å². The Kier molecular flexibility index (Phi) is 3.70. The summed E-state index contributed by atoms with van der Waals surface area (Å²) in [7, 11) is -3.22. The van der Waals surface area contributed by atoms with E-state index in [-0.39, 0.29) is 17.0 Å². The van der Waals surface area contributed by atoms with E-state index < -0.39 is 16.0 Å². The van der Waals surface area contributed by atoms with Crippen LogP contribution in [0.4, 0.5) is 0 Å². The molecule has 8 nitrogen and oxygen atoms in total. The Morgan fingerprint density at radius 1 is 1.24 bits per heavy atom. The Morgan fingerprint density at radius 3 is 2.48 bits per heavy atom. The maximum Gasteiger partial charge on any atom is 0.358 e. The zero-order chi connectivity index (χ0) is 15.0. The number of aromatic nitrogens is 3. The molecule has 0 atom stereocenters. The summed E-state index contributed by atoms with van der Waals surface area (Å²) in [5, 5.41) is 15.8. The fraction of sp³-hybridized carbons (Fsp3) is 0.750. The first-order chi connectivity index (χ1) is 9.98. The third-order valence-corrected chi connectivity index (χ3v) is 6.60. The molecule has 2 fully saturated rings. The molecule has 2 aliphatic rings. The van der Waals surface area contributed by atoms with E-state index in [0.717, 1.165) is 32.1 Å². The fourth-order valence-corrected chi connectivity index (χ4v) is 5.03. The van der Waals surface area contributed by atoms with Crippen LogP contribution >= 0.6 is 0 Å². The zero-order valence-corrected chi connectivity index (χ0v) is 12.4. The molecule has 0 bridgehead atoms. The maximum atomic E-state index is 12.4. The van der Waals surface area contributed by atoms with Crippen molar-refractivity contribution in [3.8, 4) is 0 Å². The average Bonchev–Trinajstić information content (AvgIpc) is 2.87. The SMILES string of the molecule is O=C(O)c1cn(C2CN(S(=O)(=O)C3CCCCC3)C2)nn1. The summed E-state index contributed by atoms with van der Waals surface area (Å²) in [6, 6.07) is -0.121. The third-order valence-electron chi connectivity index (χ3n) is 4.27. The van der Waals surface area contributed by atoms with Crippen molar-refractivity contribution < 1.29 is 18.3 Å². The van der Waals surface area contributed by atoms with Gasteiger partial charge in [-0.15, -0.1) is 5.10 Å². The maximum absolute atomic E-state index is 12.4. The molecular formula is C12H18N4O4S. The minimum atomic E-state index is -3.22. The third kappa shape index (κ3) is 2.67. The highest BCUT2D eigenvalue weighted by Gasteiger charge is 2.41. The Morgan fingerprint density at radius 2 is 1.90 bits per heavy atom. The quantitative estimate of drug-likeness (QED) is 0.867. The summed E-state index contributed by atoms with van der Waals surface area (Å²) < 4.78 is 27.8. The number of aromatic carboxylic acids is 1. The number of rotatable bonds is 4. The van der Waals surface area contributed by atoms with Crippen LogP contribution in [0, 0.1) is 0 Å². The lowest BCUT2D eigenvalue weighted by atomic mass is 10.0. The first-order valence-electron chi connectivity index (χ1n) is 7.12. The lowest BCUT2D eigenvalue weighted by Gasteiger charge is -2.40. The zero-order valence-electron chi connectivity index (χ0n) is 11.6. The van der Waals surface area contributed by atoms with Gasteiger partial charge in [0.1, 0.15) is 0 Å². The largest absolute Gasteiger partial charge is 0.476 e. The van der Waals surface area contributed by atoms with Gasteiger partial charge in [0.05, 0.1) is 17.5 Å².